The van der Waals surface area contributed by atoms with Gasteiger partial charge >= 0.3 is 0 Å². The van der Waals surface area contributed by atoms with Crippen molar-refractivity contribution in [3.63, 3.8) is 0 Å². The number of hydrogen-bond acceptors (Lipinski definition) is 2. The third-order valence-electron chi connectivity index (χ3n) is 10.2. The van der Waals surface area contributed by atoms with Crippen LogP contribution in [0.3, 0.4) is 0 Å². The van der Waals surface area contributed by atoms with Gasteiger partial charge in [-0.05, 0) is 116 Å². The Morgan fingerprint density at radius 3 is 1.60 bits per heavy atom. The van der Waals surface area contributed by atoms with Gasteiger partial charge in [-0.2, -0.15) is 0 Å². The topological polar surface area (TPSA) is 16.4 Å². The Kier molecular flexibility index (Phi) is 7.18. The van der Waals surface area contributed by atoms with Crippen LogP contribution in [0.15, 0.2) is 205 Å². The van der Waals surface area contributed by atoms with Crippen LogP contribution in [0.1, 0.15) is 0 Å². The molecule has 0 amide bonds. The standard InChI is InChI=1S/C50H33NO/c1-3-12-37(13-4-1)46-33-49-50(45-17-9-10-18-48(45)52-49)47-32-40(25-30-44(46)47)36-23-28-43(29-24-36)51(41-15-5-2-6-16-41)42-26-21-35(22-27-42)39-20-19-34-11-7-8-14-38(34)31-39/h1-33H. The van der Waals surface area contributed by atoms with Gasteiger partial charge in [0, 0.05) is 27.8 Å². The average molecular weight is 664 g/mol. The molecule has 0 saturated carbocycles. The molecule has 52 heavy (non-hydrogen) atoms. The molecule has 2 nitrogen and oxygen atoms in total. The van der Waals surface area contributed by atoms with Crippen LogP contribution in [0.4, 0.5) is 17.1 Å². The van der Waals surface area contributed by atoms with Gasteiger partial charge in [0.2, 0.25) is 0 Å². The number of rotatable bonds is 6. The van der Waals surface area contributed by atoms with E-state index in [0.29, 0.717) is 0 Å². The highest BCUT2D eigenvalue weighted by Gasteiger charge is 2.17. The fourth-order valence-corrected chi connectivity index (χ4v) is 7.67. The molecule has 10 rings (SSSR count). The quantitative estimate of drug-likeness (QED) is 0.176. The third-order valence-corrected chi connectivity index (χ3v) is 10.2. The number of anilines is 3. The number of benzene rings is 9. The number of fused-ring (bicyclic) bond motifs is 6. The maximum absolute atomic E-state index is 6.44. The first-order chi connectivity index (χ1) is 25.8. The summed E-state index contributed by atoms with van der Waals surface area (Å²) in [6.45, 7) is 0. The molecule has 0 aliphatic carbocycles. The van der Waals surface area contributed by atoms with Gasteiger partial charge in [-0.15, -0.1) is 0 Å². The number of hydrogen-bond donors (Lipinski definition) is 0. The zero-order valence-corrected chi connectivity index (χ0v) is 28.4. The van der Waals surface area contributed by atoms with Crippen LogP contribution >= 0.6 is 0 Å². The first kappa shape index (κ1) is 30.0. The van der Waals surface area contributed by atoms with Crippen LogP contribution < -0.4 is 4.90 Å². The number of para-hydroxylation sites is 2. The molecule has 0 aliphatic heterocycles. The second-order valence-corrected chi connectivity index (χ2v) is 13.3. The second-order valence-electron chi connectivity index (χ2n) is 13.3. The Balaban J connectivity index is 1.05. The highest BCUT2D eigenvalue weighted by Crippen LogP contribution is 2.42. The van der Waals surface area contributed by atoms with Crippen LogP contribution in [0.25, 0.3) is 76.9 Å². The zero-order chi connectivity index (χ0) is 34.4. The van der Waals surface area contributed by atoms with Crippen molar-refractivity contribution in [1.82, 2.24) is 0 Å². The van der Waals surface area contributed by atoms with Crippen molar-refractivity contribution in [2.24, 2.45) is 0 Å². The van der Waals surface area contributed by atoms with Crippen LogP contribution in [0.2, 0.25) is 0 Å². The summed E-state index contributed by atoms with van der Waals surface area (Å²) in [5, 5.41) is 7.21. The molecule has 0 spiro atoms. The Morgan fingerprint density at radius 2 is 0.865 bits per heavy atom. The van der Waals surface area contributed by atoms with Gasteiger partial charge in [-0.25, -0.2) is 0 Å². The largest absolute Gasteiger partial charge is 0.456 e. The van der Waals surface area contributed by atoms with Crippen molar-refractivity contribution in [3.8, 4) is 33.4 Å². The van der Waals surface area contributed by atoms with Crippen molar-refractivity contribution in [2.75, 3.05) is 4.90 Å². The molecule has 0 N–H and O–H groups in total. The highest BCUT2D eigenvalue weighted by atomic mass is 16.3. The van der Waals surface area contributed by atoms with Crippen molar-refractivity contribution >= 4 is 60.5 Å². The molecule has 0 atom stereocenters. The fourth-order valence-electron chi connectivity index (χ4n) is 7.67. The van der Waals surface area contributed by atoms with E-state index in [-0.39, 0.29) is 0 Å². The first-order valence-corrected chi connectivity index (χ1v) is 17.8. The van der Waals surface area contributed by atoms with E-state index in [2.05, 4.69) is 199 Å². The second kappa shape index (κ2) is 12.5. The Bertz CT molecular complexity index is 2870. The lowest BCUT2D eigenvalue weighted by Crippen LogP contribution is -2.09. The molecule has 0 fully saturated rings. The van der Waals surface area contributed by atoms with E-state index in [9.17, 15) is 0 Å². The summed E-state index contributed by atoms with van der Waals surface area (Å²) < 4.78 is 6.44. The minimum atomic E-state index is 0.907. The van der Waals surface area contributed by atoms with Gasteiger partial charge in [0.1, 0.15) is 11.2 Å². The van der Waals surface area contributed by atoms with E-state index in [1.165, 1.54) is 49.4 Å². The highest BCUT2D eigenvalue weighted by molar-refractivity contribution is 6.22. The molecular weight excluding hydrogens is 631 g/mol. The summed E-state index contributed by atoms with van der Waals surface area (Å²) >= 11 is 0. The summed E-state index contributed by atoms with van der Waals surface area (Å²) in [6, 6.07) is 71.6. The van der Waals surface area contributed by atoms with E-state index in [0.717, 1.165) is 44.6 Å². The Morgan fingerprint density at radius 1 is 0.308 bits per heavy atom. The predicted octanol–water partition coefficient (Wildman–Crippen LogP) is 14.4. The SMILES string of the molecule is c1ccc(-c2cc3oc4ccccc4c3c3cc(-c4ccc(N(c5ccccc5)c5ccc(-c6ccc7ccccc7c6)cc5)cc4)ccc23)cc1. The molecule has 0 saturated heterocycles. The summed E-state index contributed by atoms with van der Waals surface area (Å²) in [7, 11) is 0. The van der Waals surface area contributed by atoms with Gasteiger partial charge in [0.25, 0.3) is 0 Å². The van der Waals surface area contributed by atoms with Crippen LogP contribution in [0.5, 0.6) is 0 Å². The van der Waals surface area contributed by atoms with Crippen LogP contribution in [-0.4, -0.2) is 0 Å². The molecule has 9 aromatic carbocycles. The lowest BCUT2D eigenvalue weighted by molar-refractivity contribution is 0.669. The molecule has 244 valence electrons. The van der Waals surface area contributed by atoms with Gasteiger partial charge in [0.15, 0.2) is 0 Å². The molecule has 10 aromatic rings. The summed E-state index contributed by atoms with van der Waals surface area (Å²) in [4.78, 5) is 2.32. The average Bonchev–Trinajstić information content (AvgIpc) is 3.60. The smallest absolute Gasteiger partial charge is 0.136 e. The van der Waals surface area contributed by atoms with Crippen LogP contribution in [-0.2, 0) is 0 Å². The van der Waals surface area contributed by atoms with Crippen molar-refractivity contribution in [1.29, 1.82) is 0 Å². The van der Waals surface area contributed by atoms with Gasteiger partial charge in [0.05, 0.1) is 0 Å². The minimum absolute atomic E-state index is 0.907. The lowest BCUT2D eigenvalue weighted by atomic mass is 9.92. The molecule has 0 aliphatic rings. The lowest BCUT2D eigenvalue weighted by Gasteiger charge is -2.26. The van der Waals surface area contributed by atoms with Crippen molar-refractivity contribution in [2.45, 2.75) is 0 Å². The Labute approximate surface area is 302 Å². The molecule has 0 unspecified atom stereocenters. The molecule has 2 heteroatoms. The minimum Gasteiger partial charge on any atom is -0.456 e. The molecule has 0 radical (unpaired) electrons. The summed E-state index contributed by atoms with van der Waals surface area (Å²) in [5.74, 6) is 0. The first-order valence-electron chi connectivity index (χ1n) is 17.8. The predicted molar refractivity (Wildman–Crippen MR) is 220 cm³/mol. The maximum Gasteiger partial charge on any atom is 0.136 e. The maximum atomic E-state index is 6.44. The van der Waals surface area contributed by atoms with E-state index in [1.54, 1.807) is 0 Å². The fraction of sp³-hybridized carbons (Fsp3) is 0. The van der Waals surface area contributed by atoms with E-state index < -0.39 is 0 Å². The van der Waals surface area contributed by atoms with E-state index in [4.69, 9.17) is 4.42 Å². The van der Waals surface area contributed by atoms with E-state index >= 15 is 0 Å². The summed E-state index contributed by atoms with van der Waals surface area (Å²) in [5.41, 5.74) is 12.2. The third kappa shape index (κ3) is 5.21. The zero-order valence-electron chi connectivity index (χ0n) is 28.4. The summed E-state index contributed by atoms with van der Waals surface area (Å²) in [6.07, 6.45) is 0. The van der Waals surface area contributed by atoms with Crippen molar-refractivity contribution < 1.29 is 4.42 Å². The van der Waals surface area contributed by atoms with Gasteiger partial charge in [-0.1, -0.05) is 140 Å². The monoisotopic (exact) mass is 663 g/mol. The molecule has 1 heterocycles. The van der Waals surface area contributed by atoms with Gasteiger partial charge < -0.3 is 9.32 Å². The van der Waals surface area contributed by atoms with Crippen LogP contribution in [0, 0.1) is 0 Å². The number of nitrogens with zero attached hydrogens (tertiary/aromatic N) is 1. The van der Waals surface area contributed by atoms with Crippen molar-refractivity contribution in [3.05, 3.63) is 200 Å². The molecule has 0 bridgehead atoms. The van der Waals surface area contributed by atoms with E-state index in [1.807, 2.05) is 6.07 Å². The Hall–Kier alpha value is -6.90. The molecular formula is C50H33NO. The normalized spacial score (nSPS) is 11.5. The van der Waals surface area contributed by atoms with Gasteiger partial charge in [-0.3, -0.25) is 0 Å². The number of furan rings is 1. The molecule has 1 aromatic heterocycles.